The Morgan fingerprint density at radius 3 is 2.24 bits per heavy atom. The highest BCUT2D eigenvalue weighted by molar-refractivity contribution is 5.26. The lowest BCUT2D eigenvalue weighted by Crippen LogP contribution is -2.31. The van der Waals surface area contributed by atoms with Gasteiger partial charge in [-0.2, -0.15) is 0 Å². The van der Waals surface area contributed by atoms with Gasteiger partial charge in [0, 0.05) is 6.61 Å². The molecule has 3 nitrogen and oxygen atoms in total. The van der Waals surface area contributed by atoms with Crippen LogP contribution in [0.25, 0.3) is 0 Å². The van der Waals surface area contributed by atoms with Crippen molar-refractivity contribution in [1.82, 2.24) is 5.43 Å². The van der Waals surface area contributed by atoms with Crippen LogP contribution in [-0.4, -0.2) is 13.2 Å². The Labute approximate surface area is 104 Å². The maximum atomic E-state index is 5.55. The lowest BCUT2D eigenvalue weighted by molar-refractivity contribution is 0.112. The summed E-state index contributed by atoms with van der Waals surface area (Å²) in [4.78, 5) is 0. The van der Waals surface area contributed by atoms with Gasteiger partial charge in [-0.1, -0.05) is 45.0 Å². The summed E-state index contributed by atoms with van der Waals surface area (Å²) in [5, 5.41) is 0. The molecule has 0 saturated carbocycles. The first kappa shape index (κ1) is 14.2. The number of ether oxygens (including phenoxy) is 1. The van der Waals surface area contributed by atoms with Gasteiger partial charge in [0.25, 0.3) is 0 Å². The summed E-state index contributed by atoms with van der Waals surface area (Å²) < 4.78 is 5.53. The zero-order valence-corrected chi connectivity index (χ0v) is 11.1. The molecule has 96 valence electrons. The average molecular weight is 236 g/mol. The van der Waals surface area contributed by atoms with Crippen molar-refractivity contribution in [2.24, 2.45) is 5.84 Å². The van der Waals surface area contributed by atoms with Crippen LogP contribution in [0.15, 0.2) is 24.3 Å². The molecule has 1 aromatic carbocycles. The second-order valence-corrected chi connectivity index (χ2v) is 4.62. The molecule has 0 saturated heterocycles. The molecular formula is C14H24N2O. The van der Waals surface area contributed by atoms with Gasteiger partial charge in [-0.3, -0.25) is 11.3 Å². The Kier molecular flexibility index (Phi) is 6.19. The highest BCUT2D eigenvalue weighted by Crippen LogP contribution is 2.18. The molecule has 0 spiro atoms. The Balaban J connectivity index is 2.62. The van der Waals surface area contributed by atoms with E-state index < -0.39 is 0 Å². The van der Waals surface area contributed by atoms with Gasteiger partial charge in [-0.15, -0.1) is 0 Å². The minimum absolute atomic E-state index is 0.0720. The van der Waals surface area contributed by atoms with Gasteiger partial charge in [0.05, 0.1) is 12.6 Å². The van der Waals surface area contributed by atoms with Crippen LogP contribution >= 0.6 is 0 Å². The van der Waals surface area contributed by atoms with Crippen molar-refractivity contribution in [3.05, 3.63) is 35.4 Å². The van der Waals surface area contributed by atoms with Crippen LogP contribution in [0.3, 0.4) is 0 Å². The van der Waals surface area contributed by atoms with Crippen molar-refractivity contribution in [2.45, 2.75) is 39.2 Å². The van der Waals surface area contributed by atoms with Crippen molar-refractivity contribution in [1.29, 1.82) is 0 Å². The topological polar surface area (TPSA) is 47.3 Å². The van der Waals surface area contributed by atoms with E-state index in [1.54, 1.807) is 0 Å². The van der Waals surface area contributed by atoms with E-state index in [1.165, 1.54) is 11.1 Å². The second kappa shape index (κ2) is 7.43. The van der Waals surface area contributed by atoms with Gasteiger partial charge in [-0.05, 0) is 23.5 Å². The molecule has 3 N–H and O–H groups in total. The number of benzene rings is 1. The molecule has 1 rings (SSSR count). The third kappa shape index (κ3) is 4.46. The molecule has 1 aromatic rings. The van der Waals surface area contributed by atoms with Crippen LogP contribution < -0.4 is 11.3 Å². The molecule has 0 fully saturated rings. The maximum Gasteiger partial charge on any atom is 0.0693 e. The zero-order chi connectivity index (χ0) is 12.7. The fraction of sp³-hybridized carbons (Fsp3) is 0.571. The summed E-state index contributed by atoms with van der Waals surface area (Å²) in [6, 6.07) is 8.63. The molecule has 0 aliphatic rings. The molecule has 0 bridgehead atoms. The van der Waals surface area contributed by atoms with Crippen LogP contribution in [0, 0.1) is 0 Å². The van der Waals surface area contributed by atoms with Crippen LogP contribution in [0.2, 0.25) is 0 Å². The Morgan fingerprint density at radius 1 is 1.18 bits per heavy atom. The summed E-state index contributed by atoms with van der Waals surface area (Å²) >= 11 is 0. The number of hydrazine groups is 1. The van der Waals surface area contributed by atoms with E-state index in [2.05, 4.69) is 50.5 Å². The molecule has 0 aliphatic carbocycles. The molecule has 0 radical (unpaired) electrons. The Hall–Kier alpha value is -0.900. The highest BCUT2D eigenvalue weighted by atomic mass is 16.5. The maximum absolute atomic E-state index is 5.55. The predicted molar refractivity (Wildman–Crippen MR) is 71.7 cm³/mol. The van der Waals surface area contributed by atoms with Crippen LogP contribution in [-0.2, 0) is 4.74 Å². The van der Waals surface area contributed by atoms with E-state index in [-0.39, 0.29) is 6.04 Å². The molecule has 1 atom stereocenters. The monoisotopic (exact) mass is 236 g/mol. The van der Waals surface area contributed by atoms with Gasteiger partial charge in [0.1, 0.15) is 0 Å². The van der Waals surface area contributed by atoms with E-state index in [0.29, 0.717) is 12.5 Å². The lowest BCUT2D eigenvalue weighted by atomic mass is 9.99. The Bertz CT molecular complexity index is 309. The largest absolute Gasteiger partial charge is 0.379 e. The smallest absolute Gasteiger partial charge is 0.0693 e. The van der Waals surface area contributed by atoms with Gasteiger partial charge in [-0.25, -0.2) is 0 Å². The first-order chi connectivity index (χ1) is 8.19. The molecule has 1 unspecified atom stereocenters. The number of hydrogen-bond donors (Lipinski definition) is 2. The van der Waals surface area contributed by atoms with E-state index >= 15 is 0 Å². The summed E-state index contributed by atoms with van der Waals surface area (Å²) in [7, 11) is 0. The standard InChI is InChI=1S/C14H24N2O/c1-4-9-17-10-14(16-15)13-7-5-12(6-8-13)11(2)3/h5-8,11,14,16H,4,9-10,15H2,1-3H3. The normalized spacial score (nSPS) is 13.0. The summed E-state index contributed by atoms with van der Waals surface area (Å²) in [6.45, 7) is 7.88. The minimum Gasteiger partial charge on any atom is -0.379 e. The van der Waals surface area contributed by atoms with Gasteiger partial charge in [0.15, 0.2) is 0 Å². The van der Waals surface area contributed by atoms with Crippen molar-refractivity contribution < 1.29 is 4.74 Å². The first-order valence-corrected chi connectivity index (χ1v) is 6.32. The van der Waals surface area contributed by atoms with Gasteiger partial charge < -0.3 is 4.74 Å². The van der Waals surface area contributed by atoms with E-state index in [4.69, 9.17) is 10.6 Å². The molecular weight excluding hydrogens is 212 g/mol. The fourth-order valence-corrected chi connectivity index (χ4v) is 1.70. The number of hydrogen-bond acceptors (Lipinski definition) is 3. The molecule has 17 heavy (non-hydrogen) atoms. The number of nitrogens with two attached hydrogens (primary N) is 1. The van der Waals surface area contributed by atoms with Gasteiger partial charge in [0.2, 0.25) is 0 Å². The Morgan fingerprint density at radius 2 is 1.76 bits per heavy atom. The number of rotatable bonds is 7. The quantitative estimate of drug-likeness (QED) is 0.435. The highest BCUT2D eigenvalue weighted by Gasteiger charge is 2.09. The molecule has 0 heterocycles. The van der Waals surface area contributed by atoms with E-state index in [9.17, 15) is 0 Å². The fourth-order valence-electron chi connectivity index (χ4n) is 1.70. The van der Waals surface area contributed by atoms with Crippen molar-refractivity contribution in [3.63, 3.8) is 0 Å². The zero-order valence-electron chi connectivity index (χ0n) is 11.1. The molecule has 0 aromatic heterocycles. The SMILES string of the molecule is CCCOCC(NN)c1ccc(C(C)C)cc1. The summed E-state index contributed by atoms with van der Waals surface area (Å²) in [6.07, 6.45) is 1.03. The van der Waals surface area contributed by atoms with Crippen molar-refractivity contribution in [3.8, 4) is 0 Å². The average Bonchev–Trinajstić information content (AvgIpc) is 2.35. The van der Waals surface area contributed by atoms with Crippen LogP contribution in [0.5, 0.6) is 0 Å². The van der Waals surface area contributed by atoms with Crippen molar-refractivity contribution in [2.75, 3.05) is 13.2 Å². The van der Waals surface area contributed by atoms with E-state index in [0.717, 1.165) is 13.0 Å². The van der Waals surface area contributed by atoms with Gasteiger partial charge >= 0.3 is 0 Å². The lowest BCUT2D eigenvalue weighted by Gasteiger charge is -2.17. The van der Waals surface area contributed by atoms with E-state index in [1.807, 2.05) is 0 Å². The second-order valence-electron chi connectivity index (χ2n) is 4.62. The predicted octanol–water partition coefficient (Wildman–Crippen LogP) is 2.74. The molecule has 0 amide bonds. The van der Waals surface area contributed by atoms with Crippen LogP contribution in [0.4, 0.5) is 0 Å². The molecule has 3 heteroatoms. The van der Waals surface area contributed by atoms with Crippen LogP contribution in [0.1, 0.15) is 50.3 Å². The summed E-state index contributed by atoms with van der Waals surface area (Å²) in [5.74, 6) is 6.11. The van der Waals surface area contributed by atoms with Crippen molar-refractivity contribution >= 4 is 0 Å². The third-order valence-corrected chi connectivity index (χ3v) is 2.84. The summed E-state index contributed by atoms with van der Waals surface area (Å²) in [5.41, 5.74) is 5.32. The minimum atomic E-state index is 0.0720. The first-order valence-electron chi connectivity index (χ1n) is 6.32. The third-order valence-electron chi connectivity index (χ3n) is 2.84. The number of nitrogens with one attached hydrogen (secondary N) is 1. The molecule has 0 aliphatic heterocycles.